The van der Waals surface area contributed by atoms with Crippen molar-refractivity contribution in [2.75, 3.05) is 12.5 Å². The van der Waals surface area contributed by atoms with E-state index in [2.05, 4.69) is 79.7 Å². The molecule has 2 heteroatoms. The summed E-state index contributed by atoms with van der Waals surface area (Å²) in [6, 6.07) is 31.2. The average molecular weight is 340 g/mol. The second kappa shape index (κ2) is 9.49. The number of hydrogen-bond acceptors (Lipinski definition) is 1. The minimum absolute atomic E-state index is 0.178. The number of hydrogen-bond donors (Lipinski definition) is 1. The van der Waals surface area contributed by atoms with Gasteiger partial charge in [0.25, 0.3) is 0 Å². The van der Waals surface area contributed by atoms with Crippen molar-refractivity contribution in [1.29, 1.82) is 0 Å². The Bertz CT molecular complexity index is 624. The van der Waals surface area contributed by atoms with Gasteiger partial charge in [0.05, 0.1) is 5.25 Å². The molecule has 118 valence electrons. The molecule has 0 amide bonds. The molecule has 0 N–H and O–H groups in total. The minimum Gasteiger partial charge on any atom is -0.166 e. The third-order valence-corrected chi connectivity index (χ3v) is 5.26. The lowest BCUT2D eigenvalue weighted by molar-refractivity contribution is 1.17. The van der Waals surface area contributed by atoms with Crippen LogP contribution in [0.3, 0.4) is 0 Å². The topological polar surface area (TPSA) is 0 Å². The van der Waals surface area contributed by atoms with Gasteiger partial charge in [-0.3, -0.25) is 0 Å². The average Bonchev–Trinajstić information content (AvgIpc) is 2.64. The van der Waals surface area contributed by atoms with Gasteiger partial charge in [-0.2, -0.15) is 12.6 Å². The Balaban J connectivity index is 0.000000185. The smallest absolute Gasteiger partial charge is 0.154 e. The first-order valence-electron chi connectivity index (χ1n) is 7.59. The Kier molecular flexibility index (Phi) is 7.31. The van der Waals surface area contributed by atoms with Crippen LogP contribution in [0.1, 0.15) is 16.4 Å². The normalized spacial score (nSPS) is 10.3. The summed E-state index contributed by atoms with van der Waals surface area (Å²) in [6.07, 6.45) is 4.46. The summed E-state index contributed by atoms with van der Waals surface area (Å²) in [5.74, 6) is 0. The van der Waals surface area contributed by atoms with E-state index in [1.165, 1.54) is 16.0 Å². The molecule has 23 heavy (non-hydrogen) atoms. The molecule has 0 saturated heterocycles. The van der Waals surface area contributed by atoms with Gasteiger partial charge in [-0.15, -0.1) is 0 Å². The first kappa shape index (κ1) is 17.7. The molecular formula is C21H23S2+. The molecule has 0 unspecified atom stereocenters. The first-order chi connectivity index (χ1) is 11.2. The van der Waals surface area contributed by atoms with Crippen LogP contribution in [0, 0.1) is 0 Å². The maximum atomic E-state index is 4.61. The van der Waals surface area contributed by atoms with Gasteiger partial charge in [0.2, 0.25) is 0 Å². The molecule has 3 rings (SSSR count). The van der Waals surface area contributed by atoms with E-state index in [0.717, 1.165) is 0 Å². The summed E-state index contributed by atoms with van der Waals surface area (Å²) in [6.45, 7) is 0. The van der Waals surface area contributed by atoms with E-state index in [4.69, 9.17) is 0 Å². The van der Waals surface area contributed by atoms with Gasteiger partial charge in [0.1, 0.15) is 12.5 Å². The Labute approximate surface area is 148 Å². The predicted molar refractivity (Wildman–Crippen MR) is 108 cm³/mol. The van der Waals surface area contributed by atoms with Crippen LogP contribution in [-0.4, -0.2) is 12.5 Å². The Hall–Kier alpha value is -1.64. The molecule has 3 aromatic carbocycles. The number of thiol groups is 1. The zero-order valence-electron chi connectivity index (χ0n) is 13.6. The van der Waals surface area contributed by atoms with Crippen LogP contribution in [0.15, 0.2) is 95.9 Å². The molecule has 3 aromatic rings. The largest absolute Gasteiger partial charge is 0.166 e. The number of benzene rings is 3. The van der Waals surface area contributed by atoms with Gasteiger partial charge < -0.3 is 0 Å². The lowest BCUT2D eigenvalue weighted by atomic mass is 10.0. The van der Waals surface area contributed by atoms with E-state index in [0.29, 0.717) is 10.9 Å². The highest BCUT2D eigenvalue weighted by Gasteiger charge is 2.07. The van der Waals surface area contributed by atoms with E-state index in [9.17, 15) is 0 Å². The third kappa shape index (κ3) is 5.81. The summed E-state index contributed by atoms with van der Waals surface area (Å²) in [7, 11) is 0.421. The van der Waals surface area contributed by atoms with Gasteiger partial charge in [0.15, 0.2) is 4.90 Å². The maximum Gasteiger partial charge on any atom is 0.154 e. The monoisotopic (exact) mass is 339 g/mol. The van der Waals surface area contributed by atoms with E-state index in [1.54, 1.807) is 0 Å². The van der Waals surface area contributed by atoms with Crippen molar-refractivity contribution in [3.05, 3.63) is 102 Å². The molecule has 0 heterocycles. The second-order valence-electron chi connectivity index (χ2n) is 5.35. The molecular weight excluding hydrogens is 316 g/mol. The van der Waals surface area contributed by atoms with E-state index in [-0.39, 0.29) is 5.25 Å². The Morgan fingerprint density at radius 1 is 0.609 bits per heavy atom. The molecule has 0 aliphatic rings. The first-order valence-corrected chi connectivity index (χ1v) is 10.1. The molecule has 0 fully saturated rings. The van der Waals surface area contributed by atoms with Crippen LogP contribution in [0.4, 0.5) is 0 Å². The minimum atomic E-state index is 0.178. The van der Waals surface area contributed by atoms with E-state index >= 15 is 0 Å². The maximum absolute atomic E-state index is 4.61. The lowest BCUT2D eigenvalue weighted by Crippen LogP contribution is -1.93. The zero-order chi connectivity index (χ0) is 16.5. The molecule has 0 aliphatic heterocycles. The molecule has 0 saturated carbocycles. The van der Waals surface area contributed by atoms with Gasteiger partial charge in [-0.1, -0.05) is 78.9 Å². The highest BCUT2D eigenvalue weighted by Crippen LogP contribution is 2.27. The van der Waals surface area contributed by atoms with E-state index < -0.39 is 0 Å². The van der Waals surface area contributed by atoms with Gasteiger partial charge in [-0.05, 0) is 23.3 Å². The molecule has 0 nitrogen and oxygen atoms in total. The third-order valence-electron chi connectivity index (χ3n) is 3.45. The van der Waals surface area contributed by atoms with Crippen LogP contribution in [0.2, 0.25) is 0 Å². The lowest BCUT2D eigenvalue weighted by Gasteiger charge is -2.10. The molecule has 0 radical (unpaired) electrons. The Morgan fingerprint density at radius 2 is 0.957 bits per heavy atom. The Morgan fingerprint density at radius 3 is 1.26 bits per heavy atom. The van der Waals surface area contributed by atoms with Crippen LogP contribution in [-0.2, 0) is 10.9 Å². The summed E-state index contributed by atoms with van der Waals surface area (Å²) >= 11 is 4.61. The highest BCUT2D eigenvalue weighted by atomic mass is 32.2. The fourth-order valence-corrected chi connectivity index (χ4v) is 3.20. The van der Waals surface area contributed by atoms with Crippen molar-refractivity contribution in [1.82, 2.24) is 0 Å². The standard InChI is InChI=1S/C13H12S.C8H11S/c14-13(11-7-3-1-4-8-11)12-9-5-2-6-10-12;1-9(2)8-6-4-3-5-7-8/h1-10,13-14H;3-7H,1-2H3/q;+1. The van der Waals surface area contributed by atoms with Crippen LogP contribution < -0.4 is 0 Å². The van der Waals surface area contributed by atoms with Crippen LogP contribution >= 0.6 is 12.6 Å². The predicted octanol–water partition coefficient (Wildman–Crippen LogP) is 5.63. The summed E-state index contributed by atoms with van der Waals surface area (Å²) in [5, 5.41) is 0.178. The van der Waals surface area contributed by atoms with Crippen molar-refractivity contribution < 1.29 is 0 Å². The number of rotatable bonds is 3. The fourth-order valence-electron chi connectivity index (χ4n) is 2.16. The summed E-state index contributed by atoms with van der Waals surface area (Å²) < 4.78 is 0. The molecule has 0 aliphatic carbocycles. The summed E-state index contributed by atoms with van der Waals surface area (Å²) in [5.41, 5.74) is 2.48. The van der Waals surface area contributed by atoms with Crippen molar-refractivity contribution in [3.63, 3.8) is 0 Å². The summed E-state index contributed by atoms with van der Waals surface area (Å²) in [4.78, 5) is 1.44. The molecule has 0 aromatic heterocycles. The quantitative estimate of drug-likeness (QED) is 0.464. The second-order valence-corrected chi connectivity index (χ2v) is 7.97. The SMILES string of the molecule is C[S+](C)c1ccccc1.SC(c1ccccc1)c1ccccc1. The van der Waals surface area contributed by atoms with Gasteiger partial charge >= 0.3 is 0 Å². The zero-order valence-corrected chi connectivity index (χ0v) is 15.3. The van der Waals surface area contributed by atoms with E-state index in [1.807, 2.05) is 36.4 Å². The van der Waals surface area contributed by atoms with Crippen LogP contribution in [0.5, 0.6) is 0 Å². The molecule has 0 bridgehead atoms. The van der Waals surface area contributed by atoms with Crippen molar-refractivity contribution in [3.8, 4) is 0 Å². The fraction of sp³-hybridized carbons (Fsp3) is 0.143. The molecule has 0 spiro atoms. The van der Waals surface area contributed by atoms with Crippen molar-refractivity contribution >= 4 is 23.5 Å². The molecule has 0 atom stereocenters. The van der Waals surface area contributed by atoms with Gasteiger partial charge in [-0.25, -0.2) is 0 Å². The van der Waals surface area contributed by atoms with Crippen LogP contribution in [0.25, 0.3) is 0 Å². The highest BCUT2D eigenvalue weighted by molar-refractivity contribution is 7.95. The van der Waals surface area contributed by atoms with Crippen molar-refractivity contribution in [2.45, 2.75) is 10.1 Å². The van der Waals surface area contributed by atoms with Crippen molar-refractivity contribution in [2.24, 2.45) is 0 Å². The van der Waals surface area contributed by atoms with Gasteiger partial charge in [0, 0.05) is 10.9 Å².